The summed E-state index contributed by atoms with van der Waals surface area (Å²) in [5.41, 5.74) is 3.18. The Labute approximate surface area is 125 Å². The Balaban J connectivity index is 2.05. The van der Waals surface area contributed by atoms with Crippen LogP contribution in [0.25, 0.3) is 11.3 Å². The van der Waals surface area contributed by atoms with Gasteiger partial charge in [-0.05, 0) is 24.5 Å². The highest BCUT2D eigenvalue weighted by molar-refractivity contribution is 5.87. The SMILES string of the molecule is CCCCCCc1ccc(-c2cc(C(=O)O)n(C)n2)cc1. The topological polar surface area (TPSA) is 55.1 Å². The lowest BCUT2D eigenvalue weighted by Crippen LogP contribution is -2.04. The third kappa shape index (κ3) is 3.94. The second-order valence-corrected chi connectivity index (χ2v) is 5.35. The minimum absolute atomic E-state index is 0.202. The van der Waals surface area contributed by atoms with Gasteiger partial charge in [0.15, 0.2) is 0 Å². The molecule has 0 fully saturated rings. The van der Waals surface area contributed by atoms with Crippen molar-refractivity contribution in [2.75, 3.05) is 0 Å². The monoisotopic (exact) mass is 286 g/mol. The van der Waals surface area contributed by atoms with E-state index in [2.05, 4.69) is 24.2 Å². The van der Waals surface area contributed by atoms with E-state index in [1.165, 1.54) is 35.9 Å². The molecule has 0 aliphatic rings. The van der Waals surface area contributed by atoms with Gasteiger partial charge in [0.2, 0.25) is 0 Å². The number of unbranched alkanes of at least 4 members (excludes halogenated alkanes) is 3. The van der Waals surface area contributed by atoms with E-state index in [0.717, 1.165) is 12.0 Å². The Morgan fingerprint density at radius 1 is 1.19 bits per heavy atom. The van der Waals surface area contributed by atoms with Crippen molar-refractivity contribution in [3.63, 3.8) is 0 Å². The fourth-order valence-electron chi connectivity index (χ4n) is 2.41. The van der Waals surface area contributed by atoms with Crippen molar-refractivity contribution in [3.8, 4) is 11.3 Å². The van der Waals surface area contributed by atoms with Gasteiger partial charge in [0.25, 0.3) is 0 Å². The minimum atomic E-state index is -0.955. The van der Waals surface area contributed by atoms with Crippen molar-refractivity contribution in [2.24, 2.45) is 7.05 Å². The summed E-state index contributed by atoms with van der Waals surface area (Å²) in [5, 5.41) is 13.3. The molecule has 4 heteroatoms. The quantitative estimate of drug-likeness (QED) is 0.785. The number of rotatable bonds is 7. The second-order valence-electron chi connectivity index (χ2n) is 5.35. The van der Waals surface area contributed by atoms with Gasteiger partial charge in [0.05, 0.1) is 5.69 Å². The molecule has 1 aromatic heterocycles. The molecule has 2 rings (SSSR count). The molecule has 0 spiro atoms. The summed E-state index contributed by atoms with van der Waals surface area (Å²) < 4.78 is 1.40. The van der Waals surface area contributed by atoms with Crippen LogP contribution < -0.4 is 0 Å². The average molecular weight is 286 g/mol. The van der Waals surface area contributed by atoms with Gasteiger partial charge in [-0.2, -0.15) is 5.10 Å². The number of aromatic carboxylic acids is 1. The van der Waals surface area contributed by atoms with Gasteiger partial charge in [0.1, 0.15) is 5.69 Å². The van der Waals surface area contributed by atoms with Crippen LogP contribution in [0.4, 0.5) is 0 Å². The van der Waals surface area contributed by atoms with E-state index < -0.39 is 5.97 Å². The standard InChI is InChI=1S/C17H22N2O2/c1-3-4-5-6-7-13-8-10-14(11-9-13)15-12-16(17(20)21)19(2)18-15/h8-12H,3-7H2,1-2H3,(H,20,21). The summed E-state index contributed by atoms with van der Waals surface area (Å²) in [6, 6.07) is 9.86. The molecule has 21 heavy (non-hydrogen) atoms. The van der Waals surface area contributed by atoms with Gasteiger partial charge in [-0.3, -0.25) is 4.68 Å². The van der Waals surface area contributed by atoms with E-state index in [1.54, 1.807) is 13.1 Å². The molecule has 0 aliphatic carbocycles. The van der Waals surface area contributed by atoms with Crippen molar-refractivity contribution >= 4 is 5.97 Å². The highest BCUT2D eigenvalue weighted by atomic mass is 16.4. The molecule has 0 radical (unpaired) electrons. The van der Waals surface area contributed by atoms with E-state index in [9.17, 15) is 4.79 Å². The largest absolute Gasteiger partial charge is 0.477 e. The maximum atomic E-state index is 11.0. The van der Waals surface area contributed by atoms with Crippen molar-refractivity contribution in [2.45, 2.75) is 39.0 Å². The molecule has 0 atom stereocenters. The summed E-state index contributed by atoms with van der Waals surface area (Å²) in [7, 11) is 1.65. The fraction of sp³-hybridized carbons (Fsp3) is 0.412. The van der Waals surface area contributed by atoms with Gasteiger partial charge < -0.3 is 5.11 Å². The van der Waals surface area contributed by atoms with Crippen LogP contribution in [-0.2, 0) is 13.5 Å². The van der Waals surface area contributed by atoms with E-state index in [-0.39, 0.29) is 5.69 Å². The Morgan fingerprint density at radius 2 is 1.90 bits per heavy atom. The average Bonchev–Trinajstić information content (AvgIpc) is 2.86. The smallest absolute Gasteiger partial charge is 0.354 e. The molecule has 2 aromatic rings. The first-order valence-electron chi connectivity index (χ1n) is 7.48. The lowest BCUT2D eigenvalue weighted by molar-refractivity contribution is 0.0685. The molecule has 0 unspecified atom stereocenters. The van der Waals surface area contributed by atoms with Crippen LogP contribution in [0.1, 0.15) is 48.7 Å². The molecule has 1 aromatic carbocycles. The minimum Gasteiger partial charge on any atom is -0.477 e. The van der Waals surface area contributed by atoms with Crippen molar-refractivity contribution in [1.29, 1.82) is 0 Å². The van der Waals surface area contributed by atoms with E-state index in [0.29, 0.717) is 5.69 Å². The van der Waals surface area contributed by atoms with Crippen LogP contribution in [0.5, 0.6) is 0 Å². The molecule has 0 saturated carbocycles. The normalized spacial score (nSPS) is 10.8. The summed E-state index contributed by atoms with van der Waals surface area (Å²) in [5.74, 6) is -0.955. The number of hydrogen-bond acceptors (Lipinski definition) is 2. The summed E-state index contributed by atoms with van der Waals surface area (Å²) in [4.78, 5) is 11.0. The second kappa shape index (κ2) is 7.07. The molecule has 0 saturated heterocycles. The van der Waals surface area contributed by atoms with Crippen LogP contribution in [0.15, 0.2) is 30.3 Å². The molecular formula is C17H22N2O2. The first kappa shape index (κ1) is 15.3. The van der Waals surface area contributed by atoms with Crippen LogP contribution >= 0.6 is 0 Å². The third-order valence-corrected chi connectivity index (χ3v) is 3.67. The Bertz CT molecular complexity index is 600. The maximum Gasteiger partial charge on any atom is 0.354 e. The number of carboxylic acid groups (broad SMARTS) is 1. The Kier molecular flexibility index (Phi) is 5.14. The van der Waals surface area contributed by atoms with Crippen LogP contribution in [0.2, 0.25) is 0 Å². The molecule has 0 amide bonds. The molecule has 1 N–H and O–H groups in total. The number of carboxylic acids is 1. The molecular weight excluding hydrogens is 264 g/mol. The van der Waals surface area contributed by atoms with Gasteiger partial charge in [-0.25, -0.2) is 4.79 Å². The van der Waals surface area contributed by atoms with E-state index in [1.807, 2.05) is 12.1 Å². The third-order valence-electron chi connectivity index (χ3n) is 3.67. The first-order valence-corrected chi connectivity index (χ1v) is 7.48. The van der Waals surface area contributed by atoms with Crippen molar-refractivity contribution in [3.05, 3.63) is 41.6 Å². The number of nitrogens with zero attached hydrogens (tertiary/aromatic N) is 2. The van der Waals surface area contributed by atoms with Gasteiger partial charge in [0, 0.05) is 12.6 Å². The summed E-state index contributed by atoms with van der Waals surface area (Å²) in [6.45, 7) is 2.22. The van der Waals surface area contributed by atoms with Crippen LogP contribution in [0.3, 0.4) is 0 Å². The highest BCUT2D eigenvalue weighted by Gasteiger charge is 2.12. The predicted octanol–water partition coefficient (Wildman–Crippen LogP) is 3.91. The zero-order chi connectivity index (χ0) is 15.2. The number of hydrogen-bond donors (Lipinski definition) is 1. The zero-order valence-electron chi connectivity index (χ0n) is 12.7. The van der Waals surface area contributed by atoms with Crippen LogP contribution in [0, 0.1) is 0 Å². The molecule has 0 bridgehead atoms. The van der Waals surface area contributed by atoms with Gasteiger partial charge >= 0.3 is 5.97 Å². The molecule has 0 aliphatic heterocycles. The zero-order valence-corrected chi connectivity index (χ0v) is 12.7. The summed E-state index contributed by atoms with van der Waals surface area (Å²) in [6.07, 6.45) is 6.15. The molecule has 1 heterocycles. The fourth-order valence-corrected chi connectivity index (χ4v) is 2.41. The van der Waals surface area contributed by atoms with Crippen LogP contribution in [-0.4, -0.2) is 20.9 Å². The number of carbonyl (C=O) groups is 1. The number of aromatic nitrogens is 2. The molecule has 4 nitrogen and oxygen atoms in total. The highest BCUT2D eigenvalue weighted by Crippen LogP contribution is 2.20. The van der Waals surface area contributed by atoms with E-state index >= 15 is 0 Å². The van der Waals surface area contributed by atoms with Gasteiger partial charge in [-0.15, -0.1) is 0 Å². The van der Waals surface area contributed by atoms with Crippen molar-refractivity contribution < 1.29 is 9.90 Å². The number of aryl methyl sites for hydroxylation is 2. The summed E-state index contributed by atoms with van der Waals surface area (Å²) >= 11 is 0. The van der Waals surface area contributed by atoms with Crippen molar-refractivity contribution in [1.82, 2.24) is 9.78 Å². The maximum absolute atomic E-state index is 11.0. The lowest BCUT2D eigenvalue weighted by atomic mass is 10.0. The van der Waals surface area contributed by atoms with Gasteiger partial charge in [-0.1, -0.05) is 50.5 Å². The Morgan fingerprint density at radius 3 is 2.48 bits per heavy atom. The number of benzene rings is 1. The lowest BCUT2D eigenvalue weighted by Gasteiger charge is -2.02. The predicted molar refractivity (Wildman–Crippen MR) is 83.4 cm³/mol. The molecule has 112 valence electrons. The first-order chi connectivity index (χ1) is 10.1. The Hall–Kier alpha value is -2.10. The van der Waals surface area contributed by atoms with E-state index in [4.69, 9.17) is 5.11 Å².